The first kappa shape index (κ1) is 16.1. The maximum atomic E-state index is 4.27. The molecule has 3 rings (SSSR count). The summed E-state index contributed by atoms with van der Waals surface area (Å²) in [6, 6.07) is 9.24. The molecular formula is C19H28N4. The van der Waals surface area contributed by atoms with Crippen molar-refractivity contribution in [2.75, 3.05) is 25.0 Å². The fourth-order valence-electron chi connectivity index (χ4n) is 3.33. The molecule has 0 aliphatic carbocycles. The number of aromatic nitrogens is 2. The van der Waals surface area contributed by atoms with Gasteiger partial charge in [-0.3, -0.25) is 4.68 Å². The Balaban J connectivity index is 1.46. The largest absolute Gasteiger partial charge is 0.381 e. The zero-order valence-electron chi connectivity index (χ0n) is 14.3. The molecule has 1 aliphatic rings. The van der Waals surface area contributed by atoms with Crippen LogP contribution in [0.1, 0.15) is 30.4 Å². The van der Waals surface area contributed by atoms with E-state index in [0.717, 1.165) is 26.1 Å². The van der Waals surface area contributed by atoms with Crippen molar-refractivity contribution in [3.8, 4) is 0 Å². The lowest BCUT2D eigenvalue weighted by atomic mass is 10.0. The van der Waals surface area contributed by atoms with Crippen LogP contribution in [0.25, 0.3) is 0 Å². The molecule has 2 heterocycles. The van der Waals surface area contributed by atoms with E-state index < -0.39 is 0 Å². The van der Waals surface area contributed by atoms with Gasteiger partial charge in [-0.1, -0.05) is 6.07 Å². The van der Waals surface area contributed by atoms with Gasteiger partial charge in [0, 0.05) is 37.2 Å². The number of benzene rings is 1. The summed E-state index contributed by atoms with van der Waals surface area (Å²) in [5.74, 6) is 0. The summed E-state index contributed by atoms with van der Waals surface area (Å²) in [5.41, 5.74) is 3.98. The van der Waals surface area contributed by atoms with Gasteiger partial charge in [0.2, 0.25) is 0 Å². The Morgan fingerprint density at radius 3 is 2.91 bits per heavy atom. The van der Waals surface area contributed by atoms with E-state index in [1.807, 2.05) is 23.1 Å². The fourth-order valence-corrected chi connectivity index (χ4v) is 3.33. The first-order chi connectivity index (χ1) is 11.2. The Labute approximate surface area is 139 Å². The third-order valence-electron chi connectivity index (χ3n) is 4.80. The van der Waals surface area contributed by atoms with E-state index in [2.05, 4.69) is 47.4 Å². The molecule has 4 nitrogen and oxygen atoms in total. The number of nitrogens with one attached hydrogen (secondary N) is 1. The predicted molar refractivity (Wildman–Crippen MR) is 95.8 cm³/mol. The molecule has 0 bridgehead atoms. The minimum absolute atomic E-state index is 0.565. The monoisotopic (exact) mass is 312 g/mol. The third kappa shape index (κ3) is 4.58. The summed E-state index contributed by atoms with van der Waals surface area (Å²) in [4.78, 5) is 2.59. The van der Waals surface area contributed by atoms with Gasteiger partial charge in [-0.25, -0.2) is 0 Å². The molecule has 1 fully saturated rings. The molecule has 0 amide bonds. The van der Waals surface area contributed by atoms with Gasteiger partial charge in [0.25, 0.3) is 0 Å². The Morgan fingerprint density at radius 1 is 1.22 bits per heavy atom. The fraction of sp³-hybridized carbons (Fsp3) is 0.526. The summed E-state index contributed by atoms with van der Waals surface area (Å²) in [7, 11) is 0. The molecule has 23 heavy (non-hydrogen) atoms. The number of aryl methyl sites for hydroxylation is 3. The van der Waals surface area contributed by atoms with Crippen LogP contribution >= 0.6 is 0 Å². The molecule has 1 aromatic carbocycles. The van der Waals surface area contributed by atoms with Crippen molar-refractivity contribution in [2.45, 2.75) is 45.7 Å². The average Bonchev–Trinajstić information content (AvgIpc) is 3.05. The number of anilines is 1. The number of hydrogen-bond donors (Lipinski definition) is 1. The lowest BCUT2D eigenvalue weighted by Gasteiger charge is -2.33. The zero-order chi connectivity index (χ0) is 16.1. The first-order valence-electron chi connectivity index (χ1n) is 8.74. The van der Waals surface area contributed by atoms with Crippen LogP contribution in [0.4, 0.5) is 5.69 Å². The molecule has 124 valence electrons. The summed E-state index contributed by atoms with van der Waals surface area (Å²) in [6.07, 6.45) is 7.61. The van der Waals surface area contributed by atoms with Gasteiger partial charge >= 0.3 is 0 Å². The Hall–Kier alpha value is -1.81. The van der Waals surface area contributed by atoms with E-state index in [4.69, 9.17) is 0 Å². The van der Waals surface area contributed by atoms with E-state index >= 15 is 0 Å². The van der Waals surface area contributed by atoms with Gasteiger partial charge in [-0.2, -0.15) is 5.10 Å². The molecule has 1 unspecified atom stereocenters. The molecular weight excluding hydrogens is 284 g/mol. The van der Waals surface area contributed by atoms with Gasteiger partial charge in [-0.15, -0.1) is 0 Å². The summed E-state index contributed by atoms with van der Waals surface area (Å²) >= 11 is 0. The molecule has 1 aromatic heterocycles. The molecule has 0 spiro atoms. The van der Waals surface area contributed by atoms with Crippen LogP contribution < -0.4 is 5.32 Å². The van der Waals surface area contributed by atoms with E-state index in [1.165, 1.54) is 36.2 Å². The molecule has 0 radical (unpaired) electrons. The number of nitrogens with zero attached hydrogens (tertiary/aromatic N) is 3. The molecule has 2 aromatic rings. The smallest absolute Gasteiger partial charge is 0.0489 e. The van der Waals surface area contributed by atoms with E-state index in [0.29, 0.717) is 6.04 Å². The van der Waals surface area contributed by atoms with Crippen molar-refractivity contribution in [2.24, 2.45) is 0 Å². The number of rotatable bonds is 6. The lowest BCUT2D eigenvalue weighted by Crippen LogP contribution is -2.42. The van der Waals surface area contributed by atoms with Crippen LogP contribution in [0.5, 0.6) is 0 Å². The SMILES string of the molecule is Cc1ccc(NC2CCCN(CCCn3cccn3)C2)cc1C. The molecule has 0 saturated carbocycles. The number of piperidine rings is 1. The van der Waals surface area contributed by atoms with Crippen LogP contribution in [-0.2, 0) is 6.54 Å². The highest BCUT2D eigenvalue weighted by atomic mass is 15.3. The van der Waals surface area contributed by atoms with Crippen molar-refractivity contribution in [1.82, 2.24) is 14.7 Å². The Morgan fingerprint density at radius 2 is 2.13 bits per heavy atom. The van der Waals surface area contributed by atoms with Gasteiger partial charge < -0.3 is 10.2 Å². The van der Waals surface area contributed by atoms with Gasteiger partial charge in [0.05, 0.1) is 0 Å². The number of hydrogen-bond acceptors (Lipinski definition) is 3. The van der Waals surface area contributed by atoms with Crippen molar-refractivity contribution < 1.29 is 0 Å². The normalized spacial score (nSPS) is 19.0. The van der Waals surface area contributed by atoms with Crippen LogP contribution in [0.3, 0.4) is 0 Å². The molecule has 1 atom stereocenters. The lowest BCUT2D eigenvalue weighted by molar-refractivity contribution is 0.210. The second kappa shape index (κ2) is 7.64. The summed E-state index contributed by atoms with van der Waals surface area (Å²) in [6.45, 7) is 8.89. The van der Waals surface area contributed by atoms with Crippen LogP contribution in [0.15, 0.2) is 36.7 Å². The van der Waals surface area contributed by atoms with E-state index in [-0.39, 0.29) is 0 Å². The van der Waals surface area contributed by atoms with Crippen molar-refractivity contribution in [3.05, 3.63) is 47.8 Å². The topological polar surface area (TPSA) is 33.1 Å². The summed E-state index contributed by atoms with van der Waals surface area (Å²) in [5, 5.41) is 7.99. The molecule has 1 N–H and O–H groups in total. The van der Waals surface area contributed by atoms with E-state index in [9.17, 15) is 0 Å². The second-order valence-electron chi connectivity index (χ2n) is 6.71. The maximum absolute atomic E-state index is 4.27. The van der Waals surface area contributed by atoms with Gasteiger partial charge in [0.1, 0.15) is 0 Å². The van der Waals surface area contributed by atoms with Crippen LogP contribution in [-0.4, -0.2) is 40.4 Å². The van der Waals surface area contributed by atoms with Crippen LogP contribution in [0, 0.1) is 13.8 Å². The average molecular weight is 312 g/mol. The third-order valence-corrected chi connectivity index (χ3v) is 4.80. The highest BCUT2D eigenvalue weighted by Gasteiger charge is 2.19. The molecule has 1 aliphatic heterocycles. The highest BCUT2D eigenvalue weighted by molar-refractivity contribution is 5.48. The standard InChI is InChI=1S/C19H28N4/c1-16-7-8-18(14-17(16)2)21-19-6-3-10-22(15-19)11-5-13-23-12-4-9-20-23/h4,7-9,12,14,19,21H,3,5-6,10-11,13,15H2,1-2H3. The van der Waals surface area contributed by atoms with Crippen molar-refractivity contribution >= 4 is 5.69 Å². The van der Waals surface area contributed by atoms with Gasteiger partial charge in [0.15, 0.2) is 0 Å². The second-order valence-corrected chi connectivity index (χ2v) is 6.71. The van der Waals surface area contributed by atoms with Gasteiger partial charge in [-0.05, 0) is 75.5 Å². The quantitative estimate of drug-likeness (QED) is 0.886. The predicted octanol–water partition coefficient (Wildman–Crippen LogP) is 3.47. The van der Waals surface area contributed by atoms with Crippen molar-refractivity contribution in [1.29, 1.82) is 0 Å². The van der Waals surface area contributed by atoms with Crippen molar-refractivity contribution in [3.63, 3.8) is 0 Å². The molecule has 1 saturated heterocycles. The molecule has 4 heteroatoms. The first-order valence-corrected chi connectivity index (χ1v) is 8.74. The van der Waals surface area contributed by atoms with E-state index in [1.54, 1.807) is 0 Å². The minimum atomic E-state index is 0.565. The maximum Gasteiger partial charge on any atom is 0.0489 e. The summed E-state index contributed by atoms with van der Waals surface area (Å²) < 4.78 is 2.02. The zero-order valence-corrected chi connectivity index (χ0v) is 14.3. The van der Waals surface area contributed by atoms with Crippen LogP contribution in [0.2, 0.25) is 0 Å². The number of likely N-dealkylation sites (tertiary alicyclic amines) is 1. The Bertz CT molecular complexity index is 606. The Kier molecular flexibility index (Phi) is 5.34. The minimum Gasteiger partial charge on any atom is -0.381 e. The highest BCUT2D eigenvalue weighted by Crippen LogP contribution is 2.19.